The van der Waals surface area contributed by atoms with Crippen molar-refractivity contribution in [3.05, 3.63) is 37.1 Å². The van der Waals surface area contributed by atoms with Gasteiger partial charge in [0.15, 0.2) is 0 Å². The molecule has 1 aromatic heterocycles. The van der Waals surface area contributed by atoms with Crippen LogP contribution in [0.2, 0.25) is 0 Å². The van der Waals surface area contributed by atoms with Gasteiger partial charge in [0.05, 0.1) is 12.0 Å². The number of aromatic nitrogens is 2. The van der Waals surface area contributed by atoms with Crippen molar-refractivity contribution in [3.63, 3.8) is 0 Å². The van der Waals surface area contributed by atoms with Crippen LogP contribution in [-0.2, 0) is 5.75 Å². The smallest absolute Gasteiger partial charge is 0.253 e. The first-order valence-electron chi connectivity index (χ1n) is 5.19. The summed E-state index contributed by atoms with van der Waals surface area (Å²) in [6.45, 7) is 0.589. The molecule has 1 heterocycles. The zero-order valence-electron chi connectivity index (χ0n) is 9.33. The van der Waals surface area contributed by atoms with Crippen LogP contribution in [0.25, 0.3) is 0 Å². The summed E-state index contributed by atoms with van der Waals surface area (Å²) in [5, 5.41) is 2.87. The summed E-state index contributed by atoms with van der Waals surface area (Å²) >= 11 is 5.01. The number of hydrogen-bond acceptors (Lipinski definition) is 6. The molecule has 0 unspecified atom stereocenters. The number of aromatic amines is 1. The van der Waals surface area contributed by atoms with Crippen LogP contribution in [-0.4, -0.2) is 22.3 Å². The Hall–Kier alpha value is -1.28. The second kappa shape index (κ2) is 5.57. The molecule has 8 heteroatoms. The van der Waals surface area contributed by atoms with Crippen molar-refractivity contribution < 1.29 is 0 Å². The monoisotopic (exact) mass is 330 g/mol. The highest BCUT2D eigenvalue weighted by Gasteiger charge is 2.16. The number of hydrogen-bond donors (Lipinski definition) is 3. The molecule has 0 saturated carbocycles. The fraction of sp³-hybridized carbons (Fsp3) is 0.300. The van der Waals surface area contributed by atoms with E-state index in [-0.39, 0.29) is 11.4 Å². The maximum absolute atomic E-state index is 11.1. The number of halogens is 1. The van der Waals surface area contributed by atoms with Gasteiger partial charge in [0, 0.05) is 18.1 Å². The van der Waals surface area contributed by atoms with Crippen LogP contribution in [0.15, 0.2) is 20.5 Å². The van der Waals surface area contributed by atoms with Crippen molar-refractivity contribution in [2.24, 2.45) is 0 Å². The zero-order chi connectivity index (χ0) is 13.1. The Bertz CT molecular complexity index is 617. The predicted octanol–water partition coefficient (Wildman–Crippen LogP) is 0.696. The maximum Gasteiger partial charge on any atom is 0.253 e. The van der Waals surface area contributed by atoms with Crippen molar-refractivity contribution in [1.82, 2.24) is 9.97 Å². The van der Waals surface area contributed by atoms with E-state index in [1.807, 2.05) is 0 Å². The minimum absolute atomic E-state index is 0.0429. The molecule has 0 fully saturated rings. The molecule has 0 amide bonds. The van der Waals surface area contributed by atoms with Crippen LogP contribution < -0.4 is 21.9 Å². The fourth-order valence-corrected chi connectivity index (χ4v) is 2.77. The Labute approximate surface area is 115 Å². The van der Waals surface area contributed by atoms with Crippen LogP contribution >= 0.6 is 27.7 Å². The summed E-state index contributed by atoms with van der Waals surface area (Å²) in [4.78, 5) is 29.0. The van der Waals surface area contributed by atoms with E-state index in [4.69, 9.17) is 5.73 Å². The lowest BCUT2D eigenvalue weighted by Crippen LogP contribution is -2.37. The molecule has 0 aliphatic heterocycles. The largest absolute Gasteiger partial charge is 0.394 e. The molecule has 2 rings (SSSR count). The molecule has 18 heavy (non-hydrogen) atoms. The third-order valence-electron chi connectivity index (χ3n) is 2.41. The molecule has 0 spiro atoms. The van der Waals surface area contributed by atoms with E-state index in [0.717, 1.165) is 21.8 Å². The zero-order valence-corrected chi connectivity index (χ0v) is 11.7. The fourth-order valence-electron chi connectivity index (χ4n) is 1.41. The molecular weight excluding hydrogens is 320 g/mol. The molecule has 0 radical (unpaired) electrons. The Morgan fingerprint density at radius 1 is 1.44 bits per heavy atom. The van der Waals surface area contributed by atoms with Crippen LogP contribution in [0.1, 0.15) is 5.69 Å². The van der Waals surface area contributed by atoms with E-state index >= 15 is 0 Å². The Kier molecular flexibility index (Phi) is 4.07. The number of thioether (sulfide) groups is 1. The molecule has 0 bridgehead atoms. The van der Waals surface area contributed by atoms with Crippen molar-refractivity contribution in [3.8, 4) is 0 Å². The standard InChI is InChI=1S/C10H11BrN4O2S/c11-10-5(14-4-15-10)3-18-2-1-13-7-6(12)8(16)9(7)17/h4,13H,1-3,12H2,(H,14,15). The highest BCUT2D eigenvalue weighted by atomic mass is 79.9. The van der Waals surface area contributed by atoms with Crippen molar-refractivity contribution in [2.45, 2.75) is 5.75 Å². The van der Waals surface area contributed by atoms with Crippen molar-refractivity contribution >= 4 is 39.1 Å². The van der Waals surface area contributed by atoms with Crippen LogP contribution in [0.5, 0.6) is 0 Å². The van der Waals surface area contributed by atoms with Crippen LogP contribution in [0.4, 0.5) is 11.4 Å². The summed E-state index contributed by atoms with van der Waals surface area (Å²) in [6.07, 6.45) is 1.63. The highest BCUT2D eigenvalue weighted by molar-refractivity contribution is 9.10. The average Bonchev–Trinajstić information content (AvgIpc) is 2.78. The molecule has 2 aromatic rings. The van der Waals surface area contributed by atoms with E-state index in [1.165, 1.54) is 0 Å². The van der Waals surface area contributed by atoms with Gasteiger partial charge in [-0.2, -0.15) is 11.8 Å². The summed E-state index contributed by atoms with van der Waals surface area (Å²) in [5.74, 6) is 1.59. The van der Waals surface area contributed by atoms with Crippen LogP contribution in [0, 0.1) is 0 Å². The Balaban J connectivity index is 1.70. The SMILES string of the molecule is Nc1c(NCCSCc2[nH]cnc2Br)c(=O)c1=O. The molecule has 6 nitrogen and oxygen atoms in total. The van der Waals surface area contributed by atoms with E-state index in [9.17, 15) is 9.59 Å². The lowest BCUT2D eigenvalue weighted by molar-refractivity contribution is 1.18. The summed E-state index contributed by atoms with van der Waals surface area (Å²) < 4.78 is 0.815. The first-order valence-corrected chi connectivity index (χ1v) is 7.14. The molecule has 0 atom stereocenters. The lowest BCUT2D eigenvalue weighted by Gasteiger charge is -2.09. The number of nitrogens with two attached hydrogens (primary N) is 1. The van der Waals surface area contributed by atoms with Gasteiger partial charge >= 0.3 is 0 Å². The second-order valence-electron chi connectivity index (χ2n) is 3.60. The minimum atomic E-state index is -0.591. The number of H-pyrrole nitrogens is 1. The number of rotatable bonds is 6. The van der Waals surface area contributed by atoms with Gasteiger partial charge < -0.3 is 16.0 Å². The van der Waals surface area contributed by atoms with Gasteiger partial charge in [0.25, 0.3) is 10.9 Å². The number of anilines is 2. The first kappa shape index (κ1) is 13.2. The van der Waals surface area contributed by atoms with E-state index in [0.29, 0.717) is 6.54 Å². The second-order valence-corrected chi connectivity index (χ2v) is 5.45. The van der Waals surface area contributed by atoms with Gasteiger partial charge in [0.1, 0.15) is 16.0 Å². The van der Waals surface area contributed by atoms with Gasteiger partial charge in [-0.1, -0.05) is 0 Å². The maximum atomic E-state index is 11.1. The highest BCUT2D eigenvalue weighted by Crippen LogP contribution is 2.17. The molecule has 0 aliphatic rings. The molecular formula is C10H11BrN4O2S. The van der Waals surface area contributed by atoms with Crippen molar-refractivity contribution in [2.75, 3.05) is 23.3 Å². The summed E-state index contributed by atoms with van der Waals surface area (Å²) in [7, 11) is 0. The van der Waals surface area contributed by atoms with Gasteiger partial charge in [-0.05, 0) is 15.9 Å². The van der Waals surface area contributed by atoms with E-state index in [2.05, 4.69) is 31.2 Å². The molecule has 1 aromatic carbocycles. The minimum Gasteiger partial charge on any atom is -0.394 e. The Morgan fingerprint density at radius 3 is 2.83 bits per heavy atom. The lowest BCUT2D eigenvalue weighted by atomic mass is 10.2. The molecule has 4 N–H and O–H groups in total. The molecule has 0 aliphatic carbocycles. The van der Waals surface area contributed by atoms with Gasteiger partial charge in [-0.15, -0.1) is 0 Å². The molecule has 0 saturated heterocycles. The quantitative estimate of drug-likeness (QED) is 0.532. The van der Waals surface area contributed by atoms with Crippen LogP contribution in [0.3, 0.4) is 0 Å². The summed E-state index contributed by atoms with van der Waals surface area (Å²) in [5.41, 5.74) is 5.60. The normalized spacial score (nSPS) is 10.9. The van der Waals surface area contributed by atoms with Gasteiger partial charge in [0.2, 0.25) is 0 Å². The third kappa shape index (κ3) is 2.59. The number of nitrogens with zero attached hydrogens (tertiary/aromatic N) is 1. The average molecular weight is 331 g/mol. The van der Waals surface area contributed by atoms with Gasteiger partial charge in [-0.25, -0.2) is 4.98 Å². The van der Waals surface area contributed by atoms with Gasteiger partial charge in [-0.3, -0.25) is 9.59 Å². The predicted molar refractivity (Wildman–Crippen MR) is 76.7 cm³/mol. The number of nitrogens with one attached hydrogen (secondary N) is 2. The number of nitrogen functional groups attached to an aromatic ring is 1. The third-order valence-corrected chi connectivity index (χ3v) is 4.08. The first-order chi connectivity index (χ1) is 8.61. The van der Waals surface area contributed by atoms with E-state index < -0.39 is 10.9 Å². The molecule has 96 valence electrons. The summed E-state index contributed by atoms with van der Waals surface area (Å²) in [6, 6.07) is 0. The topological polar surface area (TPSA) is 101 Å². The van der Waals surface area contributed by atoms with E-state index in [1.54, 1.807) is 18.1 Å². The number of imidazole rings is 1. The Morgan fingerprint density at radius 2 is 2.22 bits per heavy atom. The van der Waals surface area contributed by atoms with Crippen molar-refractivity contribution in [1.29, 1.82) is 0 Å².